The number of rotatable bonds is 8. The molecule has 4 aromatic rings. The van der Waals surface area contributed by atoms with Crippen LogP contribution in [-0.4, -0.2) is 37.2 Å². The van der Waals surface area contributed by atoms with Crippen molar-refractivity contribution in [2.75, 3.05) is 17.6 Å². The summed E-state index contributed by atoms with van der Waals surface area (Å²) in [7, 11) is 0. The first kappa shape index (κ1) is 25.8. The van der Waals surface area contributed by atoms with Gasteiger partial charge in [0.2, 0.25) is 5.91 Å². The van der Waals surface area contributed by atoms with E-state index < -0.39 is 6.04 Å². The number of aromatic hydroxyl groups is 2. The standard InChI is InChI=1S/C29H30N6O4/c1-17-20(6-13-26(30)34-17)14-33-28(38)25-12-7-21-15-31-27(29(39)35(21)25)32-16-24(18-2-8-22(36)9-3-18)19-4-10-23(37)11-5-19/h2-6,8-11,13,15,24-25,36-37H,7,12,14,16H2,1H3,(H2,30,34)(H,31,32)(H,33,38)/t25-/m0/s1. The lowest BCUT2D eigenvalue weighted by molar-refractivity contribution is -0.124. The van der Waals surface area contributed by atoms with Gasteiger partial charge in [-0.05, 0) is 66.8 Å². The van der Waals surface area contributed by atoms with E-state index in [1.807, 2.05) is 37.3 Å². The molecule has 0 saturated carbocycles. The van der Waals surface area contributed by atoms with Crippen molar-refractivity contribution in [1.29, 1.82) is 0 Å². The molecule has 200 valence electrons. The number of phenolic OH excluding ortho intramolecular Hbond substituents is 2. The number of hydrogen-bond acceptors (Lipinski definition) is 8. The van der Waals surface area contributed by atoms with Gasteiger partial charge in [-0.15, -0.1) is 0 Å². The number of benzene rings is 2. The summed E-state index contributed by atoms with van der Waals surface area (Å²) in [6.45, 7) is 2.45. The van der Waals surface area contributed by atoms with E-state index in [0.717, 1.165) is 22.4 Å². The zero-order valence-corrected chi connectivity index (χ0v) is 21.5. The van der Waals surface area contributed by atoms with Crippen molar-refractivity contribution in [3.05, 3.63) is 105 Å². The van der Waals surface area contributed by atoms with E-state index >= 15 is 0 Å². The molecular formula is C29H30N6O4. The van der Waals surface area contributed by atoms with Gasteiger partial charge >= 0.3 is 0 Å². The molecule has 10 heteroatoms. The van der Waals surface area contributed by atoms with Gasteiger partial charge in [0.1, 0.15) is 23.4 Å². The predicted octanol–water partition coefficient (Wildman–Crippen LogP) is 2.99. The maximum atomic E-state index is 13.5. The molecule has 1 aliphatic rings. The predicted molar refractivity (Wildman–Crippen MR) is 148 cm³/mol. The van der Waals surface area contributed by atoms with Crippen LogP contribution in [0, 0.1) is 6.92 Å². The number of nitrogens with zero attached hydrogens (tertiary/aromatic N) is 3. The summed E-state index contributed by atoms with van der Waals surface area (Å²) in [4.78, 5) is 35.2. The molecule has 1 atom stereocenters. The van der Waals surface area contributed by atoms with Crippen molar-refractivity contribution in [1.82, 2.24) is 19.9 Å². The fraction of sp³-hybridized carbons (Fsp3) is 0.241. The number of aromatic nitrogens is 3. The maximum absolute atomic E-state index is 13.5. The number of amides is 1. The summed E-state index contributed by atoms with van der Waals surface area (Å²) in [5.74, 6) is 0.449. The fourth-order valence-electron chi connectivity index (χ4n) is 4.95. The smallest absolute Gasteiger partial charge is 0.294 e. The van der Waals surface area contributed by atoms with Crippen LogP contribution in [0.25, 0.3) is 0 Å². The van der Waals surface area contributed by atoms with Crippen molar-refractivity contribution >= 4 is 17.5 Å². The molecule has 6 N–H and O–H groups in total. The number of nitrogen functional groups attached to an aromatic ring is 1. The van der Waals surface area contributed by atoms with Crippen molar-refractivity contribution in [3.8, 4) is 11.5 Å². The molecule has 0 radical (unpaired) electrons. The fourth-order valence-corrected chi connectivity index (χ4v) is 4.95. The second kappa shape index (κ2) is 10.9. The maximum Gasteiger partial charge on any atom is 0.294 e. The zero-order chi connectivity index (χ0) is 27.5. The number of carbonyl (C=O) groups is 1. The SMILES string of the molecule is Cc1nc(N)ccc1CNC(=O)[C@@H]1CCc2cnc(NCC(c3ccc(O)cc3)c3ccc(O)cc3)c(=O)n21. The number of nitrogens with two attached hydrogens (primary N) is 1. The van der Waals surface area contributed by atoms with E-state index in [0.29, 0.717) is 30.9 Å². The van der Waals surface area contributed by atoms with Gasteiger partial charge in [0.15, 0.2) is 5.82 Å². The van der Waals surface area contributed by atoms with Gasteiger partial charge in [-0.2, -0.15) is 0 Å². The van der Waals surface area contributed by atoms with E-state index in [2.05, 4.69) is 20.6 Å². The Bertz CT molecular complexity index is 1500. The van der Waals surface area contributed by atoms with Gasteiger partial charge < -0.3 is 26.6 Å². The summed E-state index contributed by atoms with van der Waals surface area (Å²) < 4.78 is 1.52. The molecule has 39 heavy (non-hydrogen) atoms. The summed E-state index contributed by atoms with van der Waals surface area (Å²) in [5, 5.41) is 25.6. The Kier molecular flexibility index (Phi) is 7.18. The number of phenols is 2. The Labute approximate surface area is 225 Å². The highest BCUT2D eigenvalue weighted by molar-refractivity contribution is 5.81. The lowest BCUT2D eigenvalue weighted by atomic mass is 9.91. The van der Waals surface area contributed by atoms with Crippen LogP contribution in [0.15, 0.2) is 71.7 Å². The summed E-state index contributed by atoms with van der Waals surface area (Å²) in [6, 6.07) is 16.6. The third-order valence-electron chi connectivity index (χ3n) is 7.10. The monoisotopic (exact) mass is 526 g/mol. The van der Waals surface area contributed by atoms with Crippen LogP contribution in [0.5, 0.6) is 11.5 Å². The van der Waals surface area contributed by atoms with Crippen LogP contribution >= 0.6 is 0 Å². The molecule has 2 aromatic heterocycles. The molecule has 5 rings (SSSR count). The summed E-state index contributed by atoms with van der Waals surface area (Å²) in [6.07, 6.45) is 2.72. The first-order valence-corrected chi connectivity index (χ1v) is 12.7. The Morgan fingerprint density at radius 1 is 1.05 bits per heavy atom. The molecule has 0 unspecified atom stereocenters. The third kappa shape index (κ3) is 5.54. The van der Waals surface area contributed by atoms with Crippen LogP contribution in [0.2, 0.25) is 0 Å². The Hall–Kier alpha value is -4.86. The molecule has 1 aliphatic heterocycles. The molecular weight excluding hydrogens is 496 g/mol. The van der Waals surface area contributed by atoms with Gasteiger partial charge in [-0.3, -0.25) is 14.2 Å². The van der Waals surface area contributed by atoms with Crippen LogP contribution < -0.4 is 21.9 Å². The van der Waals surface area contributed by atoms with Gasteiger partial charge in [-0.1, -0.05) is 30.3 Å². The number of nitrogens with one attached hydrogen (secondary N) is 2. The Morgan fingerprint density at radius 3 is 2.31 bits per heavy atom. The van der Waals surface area contributed by atoms with E-state index in [9.17, 15) is 19.8 Å². The minimum Gasteiger partial charge on any atom is -0.508 e. The molecule has 0 fully saturated rings. The molecule has 0 saturated heterocycles. The normalized spacial score (nSPS) is 14.3. The largest absolute Gasteiger partial charge is 0.508 e. The first-order valence-electron chi connectivity index (χ1n) is 12.7. The summed E-state index contributed by atoms with van der Waals surface area (Å²) in [5.41, 5.74) is 9.50. The number of anilines is 2. The van der Waals surface area contributed by atoms with E-state index in [-0.39, 0.29) is 41.2 Å². The minimum absolute atomic E-state index is 0.152. The van der Waals surface area contributed by atoms with Crippen molar-refractivity contribution < 1.29 is 15.0 Å². The second-order valence-electron chi connectivity index (χ2n) is 9.64. The third-order valence-corrected chi connectivity index (χ3v) is 7.10. The van der Waals surface area contributed by atoms with Crippen LogP contribution in [0.3, 0.4) is 0 Å². The first-order chi connectivity index (χ1) is 18.8. The quantitative estimate of drug-likeness (QED) is 0.235. The molecule has 0 aliphatic carbocycles. The minimum atomic E-state index is -0.636. The zero-order valence-electron chi connectivity index (χ0n) is 21.5. The van der Waals surface area contributed by atoms with Crippen LogP contribution in [0.4, 0.5) is 11.6 Å². The van der Waals surface area contributed by atoms with Gasteiger partial charge in [0.25, 0.3) is 5.56 Å². The topological polar surface area (TPSA) is 155 Å². The average molecular weight is 527 g/mol. The lowest BCUT2D eigenvalue weighted by Crippen LogP contribution is -2.36. The lowest BCUT2D eigenvalue weighted by Gasteiger charge is -2.20. The average Bonchev–Trinajstić information content (AvgIpc) is 3.36. The Morgan fingerprint density at radius 2 is 1.69 bits per heavy atom. The number of hydrogen-bond donors (Lipinski definition) is 5. The van der Waals surface area contributed by atoms with Crippen molar-refractivity contribution in [2.24, 2.45) is 0 Å². The number of aryl methyl sites for hydroxylation is 2. The number of pyridine rings is 1. The number of fused-ring (bicyclic) bond motifs is 1. The van der Waals surface area contributed by atoms with Crippen LogP contribution in [-0.2, 0) is 17.8 Å². The van der Waals surface area contributed by atoms with E-state index in [4.69, 9.17) is 5.73 Å². The molecule has 10 nitrogen and oxygen atoms in total. The van der Waals surface area contributed by atoms with Gasteiger partial charge in [0, 0.05) is 36.6 Å². The van der Waals surface area contributed by atoms with Crippen LogP contribution in [0.1, 0.15) is 46.5 Å². The van der Waals surface area contributed by atoms with E-state index in [1.54, 1.807) is 36.5 Å². The van der Waals surface area contributed by atoms with Gasteiger partial charge in [0.05, 0.1) is 0 Å². The van der Waals surface area contributed by atoms with E-state index in [1.165, 1.54) is 4.57 Å². The number of carbonyl (C=O) groups excluding carboxylic acids is 1. The molecule has 0 spiro atoms. The van der Waals surface area contributed by atoms with Crippen molar-refractivity contribution in [3.63, 3.8) is 0 Å². The summed E-state index contributed by atoms with van der Waals surface area (Å²) >= 11 is 0. The molecule has 2 aromatic carbocycles. The van der Waals surface area contributed by atoms with Gasteiger partial charge in [-0.25, -0.2) is 9.97 Å². The molecule has 0 bridgehead atoms. The highest BCUT2D eigenvalue weighted by atomic mass is 16.3. The highest BCUT2D eigenvalue weighted by Gasteiger charge is 2.30. The second-order valence-corrected chi connectivity index (χ2v) is 9.64. The molecule has 1 amide bonds. The van der Waals surface area contributed by atoms with Crippen molar-refractivity contribution in [2.45, 2.75) is 38.3 Å². The highest BCUT2D eigenvalue weighted by Crippen LogP contribution is 2.28. The molecule has 3 heterocycles. The Balaban J connectivity index is 1.35.